The molecule has 1 aromatic heterocycles. The van der Waals surface area contributed by atoms with Crippen LogP contribution in [0.4, 0.5) is 0 Å². The zero-order valence-electron chi connectivity index (χ0n) is 11.5. The standard InChI is InChI=1S/C15H17ClN2Si/c1-5-6-12-13-9-11(16)7-8-14(13)18(10-17)15(12)19(2,3)4/h5,7-9H,1,6H2,2-4H3. The van der Waals surface area contributed by atoms with Crippen molar-refractivity contribution in [3.05, 3.63) is 41.4 Å². The van der Waals surface area contributed by atoms with E-state index in [1.807, 2.05) is 24.3 Å². The van der Waals surface area contributed by atoms with Crippen molar-refractivity contribution in [3.8, 4) is 6.19 Å². The van der Waals surface area contributed by atoms with Crippen molar-refractivity contribution in [1.82, 2.24) is 4.57 Å². The quantitative estimate of drug-likeness (QED) is 0.622. The molecule has 0 aliphatic carbocycles. The minimum atomic E-state index is -1.63. The molecular formula is C15H17ClN2Si. The lowest BCUT2D eigenvalue weighted by Gasteiger charge is -2.18. The monoisotopic (exact) mass is 288 g/mol. The lowest BCUT2D eigenvalue weighted by Crippen LogP contribution is -2.44. The molecule has 0 N–H and O–H groups in total. The Labute approximate surface area is 119 Å². The van der Waals surface area contributed by atoms with Gasteiger partial charge < -0.3 is 0 Å². The van der Waals surface area contributed by atoms with Crippen LogP contribution in [-0.4, -0.2) is 12.6 Å². The summed E-state index contributed by atoms with van der Waals surface area (Å²) in [5.41, 5.74) is 2.15. The van der Waals surface area contributed by atoms with Gasteiger partial charge in [-0.25, -0.2) is 0 Å². The summed E-state index contributed by atoms with van der Waals surface area (Å²) in [6, 6.07) is 5.72. The molecule has 2 aromatic rings. The van der Waals surface area contributed by atoms with Crippen molar-refractivity contribution in [1.29, 1.82) is 5.26 Å². The predicted octanol–water partition coefficient (Wildman–Crippen LogP) is 3.90. The number of halogens is 1. The van der Waals surface area contributed by atoms with Gasteiger partial charge in [-0.1, -0.05) is 37.3 Å². The molecule has 1 aromatic carbocycles. The van der Waals surface area contributed by atoms with Crippen LogP contribution in [0.5, 0.6) is 0 Å². The van der Waals surface area contributed by atoms with Crippen LogP contribution >= 0.6 is 11.6 Å². The Morgan fingerprint density at radius 3 is 2.63 bits per heavy atom. The van der Waals surface area contributed by atoms with Crippen LogP contribution in [0.25, 0.3) is 10.9 Å². The molecule has 0 fully saturated rings. The van der Waals surface area contributed by atoms with E-state index < -0.39 is 8.07 Å². The summed E-state index contributed by atoms with van der Waals surface area (Å²) in [4.78, 5) is 0. The Hall–Kier alpha value is -1.50. The number of fused-ring (bicyclic) bond motifs is 1. The molecule has 98 valence electrons. The Morgan fingerprint density at radius 2 is 2.11 bits per heavy atom. The Balaban J connectivity index is 2.95. The van der Waals surface area contributed by atoms with Gasteiger partial charge in [0.05, 0.1) is 5.52 Å². The van der Waals surface area contributed by atoms with Gasteiger partial charge in [0.15, 0.2) is 6.19 Å². The smallest absolute Gasteiger partial charge is 0.188 e. The van der Waals surface area contributed by atoms with Gasteiger partial charge >= 0.3 is 0 Å². The highest BCUT2D eigenvalue weighted by Crippen LogP contribution is 2.26. The van der Waals surface area contributed by atoms with Crippen LogP contribution in [0.1, 0.15) is 5.56 Å². The number of allylic oxidation sites excluding steroid dienone is 1. The number of hydrogen-bond acceptors (Lipinski definition) is 1. The third kappa shape index (κ3) is 2.34. The minimum absolute atomic E-state index is 0.704. The molecule has 0 spiro atoms. The largest absolute Gasteiger partial charge is 0.255 e. The number of hydrogen-bond donors (Lipinski definition) is 0. The zero-order valence-corrected chi connectivity index (χ0v) is 13.3. The van der Waals surface area contributed by atoms with Gasteiger partial charge in [-0.3, -0.25) is 4.57 Å². The summed E-state index contributed by atoms with van der Waals surface area (Å²) in [5, 5.41) is 12.5. The molecule has 0 unspecified atom stereocenters. The maximum Gasteiger partial charge on any atom is 0.188 e. The normalized spacial score (nSPS) is 11.5. The highest BCUT2D eigenvalue weighted by Gasteiger charge is 2.27. The molecule has 0 amide bonds. The number of aromatic nitrogens is 1. The second-order valence-electron chi connectivity index (χ2n) is 5.67. The van der Waals surface area contributed by atoms with Crippen molar-refractivity contribution in [2.45, 2.75) is 26.1 Å². The van der Waals surface area contributed by atoms with E-state index in [2.05, 4.69) is 32.4 Å². The summed E-state index contributed by atoms with van der Waals surface area (Å²) in [7, 11) is -1.63. The number of benzene rings is 1. The van der Waals surface area contributed by atoms with E-state index >= 15 is 0 Å². The second kappa shape index (κ2) is 4.88. The lowest BCUT2D eigenvalue weighted by atomic mass is 10.1. The van der Waals surface area contributed by atoms with Crippen LogP contribution in [0.15, 0.2) is 30.9 Å². The number of nitriles is 1. The molecule has 2 rings (SSSR count). The van der Waals surface area contributed by atoms with E-state index in [1.165, 1.54) is 10.9 Å². The number of rotatable bonds is 3. The van der Waals surface area contributed by atoms with Crippen molar-refractivity contribution in [2.75, 3.05) is 0 Å². The molecule has 4 heteroatoms. The lowest BCUT2D eigenvalue weighted by molar-refractivity contribution is 1.16. The van der Waals surface area contributed by atoms with E-state index in [9.17, 15) is 5.26 Å². The maximum absolute atomic E-state index is 9.51. The highest BCUT2D eigenvalue weighted by atomic mass is 35.5. The predicted molar refractivity (Wildman–Crippen MR) is 84.8 cm³/mol. The van der Waals surface area contributed by atoms with E-state index in [0.717, 1.165) is 17.3 Å². The molecule has 0 aliphatic heterocycles. The second-order valence-corrected chi connectivity index (χ2v) is 11.1. The first-order chi connectivity index (χ1) is 8.90. The van der Waals surface area contributed by atoms with Crippen LogP contribution in [0.2, 0.25) is 24.7 Å². The van der Waals surface area contributed by atoms with Crippen molar-refractivity contribution < 1.29 is 0 Å². The molecule has 0 saturated heterocycles. The van der Waals surface area contributed by atoms with Crippen LogP contribution in [0, 0.1) is 11.5 Å². The number of nitrogens with zero attached hydrogens (tertiary/aromatic N) is 2. The fraction of sp³-hybridized carbons (Fsp3) is 0.267. The zero-order chi connectivity index (χ0) is 14.2. The average Bonchev–Trinajstić information content (AvgIpc) is 2.63. The van der Waals surface area contributed by atoms with E-state index in [1.54, 1.807) is 4.57 Å². The first kappa shape index (κ1) is 13.9. The average molecular weight is 289 g/mol. The van der Waals surface area contributed by atoms with Gasteiger partial charge in [-0.15, -0.1) is 6.58 Å². The van der Waals surface area contributed by atoms with E-state index in [-0.39, 0.29) is 0 Å². The molecule has 2 nitrogen and oxygen atoms in total. The van der Waals surface area contributed by atoms with E-state index in [4.69, 9.17) is 11.6 Å². The summed E-state index contributed by atoms with van der Waals surface area (Å²) >= 11 is 6.10. The molecule has 0 aliphatic rings. The van der Waals surface area contributed by atoms with Crippen molar-refractivity contribution in [2.24, 2.45) is 0 Å². The first-order valence-corrected chi connectivity index (χ1v) is 10.1. The summed E-state index contributed by atoms with van der Waals surface area (Å²) < 4.78 is 1.77. The molecule has 1 heterocycles. The third-order valence-electron chi connectivity index (χ3n) is 3.19. The maximum atomic E-state index is 9.51. The van der Waals surface area contributed by atoms with Gasteiger partial charge in [0, 0.05) is 15.7 Å². The molecule has 0 radical (unpaired) electrons. The molecular weight excluding hydrogens is 272 g/mol. The topological polar surface area (TPSA) is 28.7 Å². The van der Waals surface area contributed by atoms with E-state index in [0.29, 0.717) is 5.02 Å². The van der Waals surface area contributed by atoms with Crippen LogP contribution in [0.3, 0.4) is 0 Å². The Morgan fingerprint density at radius 1 is 1.42 bits per heavy atom. The van der Waals surface area contributed by atoms with Crippen molar-refractivity contribution >= 4 is 35.9 Å². The van der Waals surface area contributed by atoms with Gasteiger partial charge in [-0.2, -0.15) is 5.26 Å². The van der Waals surface area contributed by atoms with Gasteiger partial charge in [0.2, 0.25) is 0 Å². The Kier molecular flexibility index (Phi) is 3.57. The summed E-state index contributed by atoms with van der Waals surface area (Å²) in [5.74, 6) is 0. The van der Waals surface area contributed by atoms with Gasteiger partial charge in [0.1, 0.15) is 8.07 Å². The molecule has 0 saturated carbocycles. The Bertz CT molecular complexity index is 687. The van der Waals surface area contributed by atoms with Gasteiger partial charge in [-0.05, 0) is 30.2 Å². The van der Waals surface area contributed by atoms with Gasteiger partial charge in [0.25, 0.3) is 0 Å². The molecule has 0 bridgehead atoms. The first-order valence-electron chi connectivity index (χ1n) is 6.24. The minimum Gasteiger partial charge on any atom is -0.255 e. The molecule has 0 atom stereocenters. The molecule has 19 heavy (non-hydrogen) atoms. The van der Waals surface area contributed by atoms with Crippen LogP contribution in [-0.2, 0) is 6.42 Å². The summed E-state index contributed by atoms with van der Waals surface area (Å²) in [6.45, 7) is 10.6. The highest BCUT2D eigenvalue weighted by molar-refractivity contribution is 6.88. The third-order valence-corrected chi connectivity index (χ3v) is 5.37. The van der Waals surface area contributed by atoms with Crippen molar-refractivity contribution in [3.63, 3.8) is 0 Å². The summed E-state index contributed by atoms with van der Waals surface area (Å²) in [6.07, 6.45) is 4.98. The fourth-order valence-electron chi connectivity index (χ4n) is 2.57. The fourth-order valence-corrected chi connectivity index (χ4v) is 4.73. The SMILES string of the molecule is C=CCc1c([Si](C)(C)C)n(C#N)c2ccc(Cl)cc12. The van der Waals surface area contributed by atoms with Crippen LogP contribution < -0.4 is 5.32 Å².